The fourth-order valence-electron chi connectivity index (χ4n) is 1.98. The van der Waals surface area contributed by atoms with Crippen LogP contribution in [0.4, 0.5) is 0 Å². The summed E-state index contributed by atoms with van der Waals surface area (Å²) in [7, 11) is 1.67. The Labute approximate surface area is 102 Å². The molecule has 4 heteroatoms. The lowest BCUT2D eigenvalue weighted by Gasteiger charge is -2.15. The average molecular weight is 237 g/mol. The highest BCUT2D eigenvalue weighted by Crippen LogP contribution is 2.39. The number of fused-ring (bicyclic) bond motifs is 1. The molecule has 0 aromatic heterocycles. The molecule has 0 aliphatic carbocycles. The topological polar surface area (TPSA) is 53.7 Å². The predicted molar refractivity (Wildman–Crippen MR) is 66.0 cm³/mol. The van der Waals surface area contributed by atoms with Crippen LogP contribution in [-0.2, 0) is 6.42 Å². The largest absolute Gasteiger partial charge is 0.496 e. The Morgan fingerprint density at radius 2 is 2.12 bits per heavy atom. The number of ether oxygens (including phenoxy) is 3. The first-order valence-electron chi connectivity index (χ1n) is 6.02. The first kappa shape index (κ1) is 12.0. The summed E-state index contributed by atoms with van der Waals surface area (Å²) in [5.41, 5.74) is 6.63. The van der Waals surface area contributed by atoms with E-state index < -0.39 is 0 Å². The second-order valence-electron chi connectivity index (χ2n) is 4.02. The van der Waals surface area contributed by atoms with Crippen molar-refractivity contribution in [3.05, 3.63) is 17.7 Å². The van der Waals surface area contributed by atoms with E-state index >= 15 is 0 Å². The maximum Gasteiger partial charge on any atom is 0.168 e. The van der Waals surface area contributed by atoms with Crippen LogP contribution in [0.5, 0.6) is 17.2 Å². The molecule has 0 unspecified atom stereocenters. The van der Waals surface area contributed by atoms with E-state index in [1.54, 1.807) is 7.11 Å². The van der Waals surface area contributed by atoms with Crippen LogP contribution in [0.2, 0.25) is 0 Å². The minimum Gasteiger partial charge on any atom is -0.496 e. The van der Waals surface area contributed by atoms with Crippen LogP contribution >= 0.6 is 0 Å². The van der Waals surface area contributed by atoms with E-state index in [4.69, 9.17) is 19.9 Å². The van der Waals surface area contributed by atoms with E-state index in [0.717, 1.165) is 42.1 Å². The minimum absolute atomic E-state index is 0.660. The van der Waals surface area contributed by atoms with Crippen LogP contribution < -0.4 is 19.9 Å². The van der Waals surface area contributed by atoms with Gasteiger partial charge in [0.2, 0.25) is 0 Å². The molecule has 1 aliphatic rings. The van der Waals surface area contributed by atoms with Gasteiger partial charge in [0.15, 0.2) is 11.5 Å². The lowest BCUT2D eigenvalue weighted by molar-refractivity contribution is 0.295. The molecule has 0 fully saturated rings. The van der Waals surface area contributed by atoms with Crippen molar-refractivity contribution in [2.75, 3.05) is 26.9 Å². The van der Waals surface area contributed by atoms with Gasteiger partial charge >= 0.3 is 0 Å². The summed E-state index contributed by atoms with van der Waals surface area (Å²) in [4.78, 5) is 0. The fraction of sp³-hybridized carbons (Fsp3) is 0.538. The van der Waals surface area contributed by atoms with E-state index in [1.165, 1.54) is 0 Å². The third-order valence-corrected chi connectivity index (χ3v) is 2.82. The zero-order chi connectivity index (χ0) is 12.1. The maximum atomic E-state index is 5.77. The van der Waals surface area contributed by atoms with Crippen LogP contribution in [0.3, 0.4) is 0 Å². The van der Waals surface area contributed by atoms with Crippen molar-refractivity contribution in [1.29, 1.82) is 0 Å². The Morgan fingerprint density at radius 3 is 2.88 bits per heavy atom. The van der Waals surface area contributed by atoms with Gasteiger partial charge < -0.3 is 19.9 Å². The molecule has 0 saturated heterocycles. The van der Waals surface area contributed by atoms with E-state index in [9.17, 15) is 0 Å². The normalized spacial score (nSPS) is 14.2. The number of nitrogens with two attached hydrogens (primary N) is 1. The Kier molecular flexibility index (Phi) is 4.09. The Morgan fingerprint density at radius 1 is 1.29 bits per heavy atom. The highest BCUT2D eigenvalue weighted by atomic mass is 16.5. The van der Waals surface area contributed by atoms with Gasteiger partial charge in [-0.15, -0.1) is 0 Å². The lowest BCUT2D eigenvalue weighted by atomic mass is 10.1. The summed E-state index contributed by atoms with van der Waals surface area (Å²) in [5, 5.41) is 0. The van der Waals surface area contributed by atoms with Gasteiger partial charge in [0, 0.05) is 12.0 Å². The number of hydrogen-bond donors (Lipinski definition) is 1. The molecule has 0 radical (unpaired) electrons. The van der Waals surface area contributed by atoms with E-state index in [2.05, 4.69) is 0 Å². The summed E-state index contributed by atoms with van der Waals surface area (Å²) < 4.78 is 16.8. The van der Waals surface area contributed by atoms with Gasteiger partial charge in [0.1, 0.15) is 5.75 Å². The Bertz CT molecular complexity index is 379. The molecule has 2 N–H and O–H groups in total. The SMILES string of the molecule is COc1ccc2c(c1CCCN)OCCCO2. The van der Waals surface area contributed by atoms with Crippen LogP contribution in [-0.4, -0.2) is 26.9 Å². The smallest absolute Gasteiger partial charge is 0.168 e. The first-order valence-corrected chi connectivity index (χ1v) is 6.02. The van der Waals surface area contributed by atoms with Crippen LogP contribution in [0, 0.1) is 0 Å². The van der Waals surface area contributed by atoms with Crippen molar-refractivity contribution in [3.63, 3.8) is 0 Å². The highest BCUT2D eigenvalue weighted by Gasteiger charge is 2.18. The summed E-state index contributed by atoms with van der Waals surface area (Å²) >= 11 is 0. The molecule has 0 amide bonds. The van der Waals surface area contributed by atoms with Gasteiger partial charge in [-0.05, 0) is 31.5 Å². The van der Waals surface area contributed by atoms with Crippen molar-refractivity contribution < 1.29 is 14.2 Å². The van der Waals surface area contributed by atoms with Gasteiger partial charge in [-0.1, -0.05) is 0 Å². The van der Waals surface area contributed by atoms with Gasteiger partial charge in [0.25, 0.3) is 0 Å². The molecule has 0 atom stereocenters. The molecule has 1 aromatic carbocycles. The lowest BCUT2D eigenvalue weighted by Crippen LogP contribution is -2.04. The third kappa shape index (κ3) is 2.64. The monoisotopic (exact) mass is 237 g/mol. The molecule has 4 nitrogen and oxygen atoms in total. The van der Waals surface area contributed by atoms with Gasteiger partial charge in [0.05, 0.1) is 20.3 Å². The van der Waals surface area contributed by atoms with Crippen LogP contribution in [0.1, 0.15) is 18.4 Å². The molecule has 94 valence electrons. The minimum atomic E-state index is 0.660. The standard InChI is InChI=1S/C13H19NO3/c1-15-11-5-6-12-13(10(11)4-2-7-14)17-9-3-8-16-12/h5-6H,2-4,7-9,14H2,1H3. The predicted octanol–water partition coefficient (Wildman–Crippen LogP) is 1.75. The Balaban J connectivity index is 2.36. The third-order valence-electron chi connectivity index (χ3n) is 2.82. The molecular weight excluding hydrogens is 218 g/mol. The molecular formula is C13H19NO3. The van der Waals surface area contributed by atoms with Crippen molar-refractivity contribution in [2.24, 2.45) is 5.73 Å². The zero-order valence-corrected chi connectivity index (χ0v) is 10.2. The van der Waals surface area contributed by atoms with E-state index in [-0.39, 0.29) is 0 Å². The molecule has 0 bridgehead atoms. The maximum absolute atomic E-state index is 5.77. The Hall–Kier alpha value is -1.42. The van der Waals surface area contributed by atoms with Crippen molar-refractivity contribution in [1.82, 2.24) is 0 Å². The van der Waals surface area contributed by atoms with Gasteiger partial charge in [-0.2, -0.15) is 0 Å². The van der Waals surface area contributed by atoms with Crippen LogP contribution in [0.15, 0.2) is 12.1 Å². The van der Waals surface area contributed by atoms with Crippen molar-refractivity contribution >= 4 is 0 Å². The molecule has 2 rings (SSSR count). The number of hydrogen-bond acceptors (Lipinski definition) is 4. The number of rotatable bonds is 4. The second-order valence-corrected chi connectivity index (χ2v) is 4.02. The fourth-order valence-corrected chi connectivity index (χ4v) is 1.98. The van der Waals surface area contributed by atoms with E-state index in [0.29, 0.717) is 19.8 Å². The highest BCUT2D eigenvalue weighted by molar-refractivity contribution is 5.54. The van der Waals surface area contributed by atoms with Crippen LogP contribution in [0.25, 0.3) is 0 Å². The second kappa shape index (κ2) is 5.77. The van der Waals surface area contributed by atoms with Crippen molar-refractivity contribution in [3.8, 4) is 17.2 Å². The summed E-state index contributed by atoms with van der Waals surface area (Å²) in [6.45, 7) is 2.05. The number of methoxy groups -OCH3 is 1. The zero-order valence-electron chi connectivity index (χ0n) is 10.2. The molecule has 1 aliphatic heterocycles. The van der Waals surface area contributed by atoms with E-state index in [1.807, 2.05) is 12.1 Å². The number of benzene rings is 1. The first-order chi connectivity index (χ1) is 8.36. The summed E-state index contributed by atoms with van der Waals surface area (Å²) in [6.07, 6.45) is 2.68. The van der Waals surface area contributed by atoms with Gasteiger partial charge in [-0.25, -0.2) is 0 Å². The molecule has 17 heavy (non-hydrogen) atoms. The summed E-state index contributed by atoms with van der Waals surface area (Å²) in [6, 6.07) is 3.84. The van der Waals surface area contributed by atoms with Gasteiger partial charge in [-0.3, -0.25) is 0 Å². The molecule has 1 aromatic rings. The average Bonchev–Trinajstić information content (AvgIpc) is 2.60. The van der Waals surface area contributed by atoms with Crippen molar-refractivity contribution in [2.45, 2.75) is 19.3 Å². The molecule has 0 spiro atoms. The molecule has 1 heterocycles. The quantitative estimate of drug-likeness (QED) is 0.866. The molecule has 0 saturated carbocycles. The summed E-state index contributed by atoms with van der Waals surface area (Å²) in [5.74, 6) is 2.49.